The van der Waals surface area contributed by atoms with Gasteiger partial charge in [-0.1, -0.05) is 12.8 Å². The molecule has 2 aromatic rings. The van der Waals surface area contributed by atoms with Crippen LogP contribution in [-0.2, 0) is 0 Å². The standard InChI is InChI=1S/C13H18N4OS/c1-7-6-8-11(16-13(14)17-12(8)19-7)15-9-4-2-3-5-10(9)18/h6,9-10,18H,2-5H2,1H3,(H3,14,15,16,17). The third kappa shape index (κ3) is 2.50. The number of aryl methyl sites for hydroxylation is 1. The van der Waals surface area contributed by atoms with Gasteiger partial charge in [-0.05, 0) is 25.8 Å². The first kappa shape index (κ1) is 12.6. The molecule has 0 amide bonds. The van der Waals surface area contributed by atoms with E-state index in [0.717, 1.165) is 41.7 Å². The van der Waals surface area contributed by atoms with Crippen LogP contribution in [0.15, 0.2) is 6.07 Å². The molecule has 4 N–H and O–H groups in total. The first-order chi connectivity index (χ1) is 9.13. The van der Waals surface area contributed by atoms with E-state index in [1.165, 1.54) is 4.88 Å². The summed E-state index contributed by atoms with van der Waals surface area (Å²) in [4.78, 5) is 10.6. The monoisotopic (exact) mass is 278 g/mol. The van der Waals surface area contributed by atoms with Gasteiger partial charge in [0.2, 0.25) is 5.95 Å². The molecular weight excluding hydrogens is 260 g/mol. The highest BCUT2D eigenvalue weighted by Gasteiger charge is 2.24. The molecule has 1 fully saturated rings. The quantitative estimate of drug-likeness (QED) is 0.785. The SMILES string of the molecule is Cc1cc2c(NC3CCCCC3O)nc(N)nc2s1. The largest absolute Gasteiger partial charge is 0.391 e. The molecule has 1 saturated carbocycles. The van der Waals surface area contributed by atoms with Crippen molar-refractivity contribution in [2.24, 2.45) is 0 Å². The molecular formula is C13H18N4OS. The molecule has 2 heterocycles. The van der Waals surface area contributed by atoms with Crippen molar-refractivity contribution in [3.63, 3.8) is 0 Å². The van der Waals surface area contributed by atoms with Crippen LogP contribution in [0.3, 0.4) is 0 Å². The number of rotatable bonds is 2. The summed E-state index contributed by atoms with van der Waals surface area (Å²) < 4.78 is 0. The first-order valence-corrected chi connectivity index (χ1v) is 7.43. The lowest BCUT2D eigenvalue weighted by molar-refractivity contribution is 0.116. The van der Waals surface area contributed by atoms with E-state index in [4.69, 9.17) is 5.73 Å². The summed E-state index contributed by atoms with van der Waals surface area (Å²) in [6.45, 7) is 2.04. The van der Waals surface area contributed by atoms with Gasteiger partial charge < -0.3 is 16.2 Å². The van der Waals surface area contributed by atoms with E-state index in [0.29, 0.717) is 0 Å². The van der Waals surface area contributed by atoms with Crippen LogP contribution in [0.1, 0.15) is 30.6 Å². The summed E-state index contributed by atoms with van der Waals surface area (Å²) in [6, 6.07) is 2.13. The van der Waals surface area contributed by atoms with Crippen molar-refractivity contribution < 1.29 is 5.11 Å². The van der Waals surface area contributed by atoms with Gasteiger partial charge in [-0.25, -0.2) is 4.98 Å². The van der Waals surface area contributed by atoms with E-state index in [9.17, 15) is 5.11 Å². The zero-order valence-corrected chi connectivity index (χ0v) is 11.7. The summed E-state index contributed by atoms with van der Waals surface area (Å²) in [5.74, 6) is 1.03. The minimum absolute atomic E-state index is 0.0615. The number of hydrogen-bond donors (Lipinski definition) is 3. The molecule has 2 aromatic heterocycles. The third-order valence-corrected chi connectivity index (χ3v) is 4.53. The lowest BCUT2D eigenvalue weighted by atomic mass is 9.92. The second-order valence-corrected chi connectivity index (χ2v) is 6.34. The summed E-state index contributed by atoms with van der Waals surface area (Å²) in [5.41, 5.74) is 5.76. The number of nitrogens with zero attached hydrogens (tertiary/aromatic N) is 2. The summed E-state index contributed by atoms with van der Waals surface area (Å²) in [6.07, 6.45) is 3.75. The highest BCUT2D eigenvalue weighted by atomic mass is 32.1. The molecule has 5 nitrogen and oxygen atoms in total. The number of hydrogen-bond acceptors (Lipinski definition) is 6. The fraction of sp³-hybridized carbons (Fsp3) is 0.538. The van der Waals surface area contributed by atoms with Crippen LogP contribution >= 0.6 is 11.3 Å². The van der Waals surface area contributed by atoms with Crippen molar-refractivity contribution in [2.75, 3.05) is 11.1 Å². The van der Waals surface area contributed by atoms with E-state index in [-0.39, 0.29) is 18.1 Å². The van der Waals surface area contributed by atoms with E-state index >= 15 is 0 Å². The normalized spacial score (nSPS) is 23.7. The highest BCUT2D eigenvalue weighted by Crippen LogP contribution is 2.31. The van der Waals surface area contributed by atoms with Gasteiger partial charge in [0.25, 0.3) is 0 Å². The van der Waals surface area contributed by atoms with Gasteiger partial charge in [0.05, 0.1) is 17.5 Å². The lowest BCUT2D eigenvalue weighted by Crippen LogP contribution is -2.36. The van der Waals surface area contributed by atoms with E-state index < -0.39 is 0 Å². The molecule has 2 atom stereocenters. The number of aliphatic hydroxyl groups excluding tert-OH is 1. The van der Waals surface area contributed by atoms with Crippen LogP contribution < -0.4 is 11.1 Å². The Bertz CT molecular complexity index is 598. The van der Waals surface area contributed by atoms with Crippen molar-refractivity contribution in [1.29, 1.82) is 0 Å². The number of aliphatic hydroxyl groups is 1. The summed E-state index contributed by atoms with van der Waals surface area (Å²) in [7, 11) is 0. The summed E-state index contributed by atoms with van der Waals surface area (Å²) >= 11 is 1.61. The molecule has 1 aliphatic carbocycles. The van der Waals surface area contributed by atoms with Crippen molar-refractivity contribution in [3.05, 3.63) is 10.9 Å². The van der Waals surface area contributed by atoms with Crippen LogP contribution in [0, 0.1) is 6.92 Å². The van der Waals surface area contributed by atoms with Gasteiger partial charge in [-0.2, -0.15) is 4.98 Å². The molecule has 2 unspecified atom stereocenters. The van der Waals surface area contributed by atoms with Crippen molar-refractivity contribution >= 4 is 33.3 Å². The predicted molar refractivity (Wildman–Crippen MR) is 78.4 cm³/mol. The van der Waals surface area contributed by atoms with Crippen LogP contribution in [0.4, 0.5) is 11.8 Å². The van der Waals surface area contributed by atoms with E-state index in [1.54, 1.807) is 11.3 Å². The highest BCUT2D eigenvalue weighted by molar-refractivity contribution is 7.18. The van der Waals surface area contributed by atoms with E-state index in [2.05, 4.69) is 21.4 Å². The average Bonchev–Trinajstić information content (AvgIpc) is 2.72. The lowest BCUT2D eigenvalue weighted by Gasteiger charge is -2.28. The molecule has 0 aromatic carbocycles. The first-order valence-electron chi connectivity index (χ1n) is 6.62. The minimum Gasteiger partial charge on any atom is -0.391 e. The molecule has 0 radical (unpaired) electrons. The van der Waals surface area contributed by atoms with Crippen LogP contribution in [0.2, 0.25) is 0 Å². The molecule has 0 aliphatic heterocycles. The molecule has 0 bridgehead atoms. The molecule has 102 valence electrons. The Labute approximate surface area is 115 Å². The van der Waals surface area contributed by atoms with Crippen molar-refractivity contribution in [2.45, 2.75) is 44.8 Å². The number of nitrogen functional groups attached to an aromatic ring is 1. The van der Waals surface area contributed by atoms with Gasteiger partial charge in [0, 0.05) is 4.88 Å². The minimum atomic E-state index is -0.306. The second kappa shape index (κ2) is 4.94. The fourth-order valence-corrected chi connectivity index (χ4v) is 3.51. The number of fused-ring (bicyclic) bond motifs is 1. The van der Waals surface area contributed by atoms with Gasteiger partial charge in [-0.3, -0.25) is 0 Å². The topological polar surface area (TPSA) is 84.1 Å². The molecule has 6 heteroatoms. The van der Waals surface area contributed by atoms with Gasteiger partial charge in [0.15, 0.2) is 0 Å². The van der Waals surface area contributed by atoms with Gasteiger partial charge in [-0.15, -0.1) is 11.3 Å². The number of anilines is 2. The molecule has 0 saturated heterocycles. The Hall–Kier alpha value is -1.40. The summed E-state index contributed by atoms with van der Waals surface area (Å²) in [5, 5.41) is 14.4. The Balaban J connectivity index is 1.95. The van der Waals surface area contributed by atoms with Crippen LogP contribution in [-0.4, -0.2) is 27.2 Å². The fourth-order valence-electron chi connectivity index (χ4n) is 2.62. The predicted octanol–water partition coefficient (Wildman–Crippen LogP) is 2.30. The zero-order valence-electron chi connectivity index (χ0n) is 10.9. The number of thiophene rings is 1. The Morgan fingerprint density at radius 3 is 2.95 bits per heavy atom. The van der Waals surface area contributed by atoms with Crippen molar-refractivity contribution in [1.82, 2.24) is 9.97 Å². The molecule has 1 aliphatic rings. The molecule has 3 rings (SSSR count). The smallest absolute Gasteiger partial charge is 0.223 e. The number of aromatic nitrogens is 2. The number of nitrogens with one attached hydrogen (secondary N) is 1. The zero-order chi connectivity index (χ0) is 13.4. The maximum Gasteiger partial charge on any atom is 0.223 e. The van der Waals surface area contributed by atoms with Crippen molar-refractivity contribution in [3.8, 4) is 0 Å². The molecule has 19 heavy (non-hydrogen) atoms. The second-order valence-electron chi connectivity index (χ2n) is 5.11. The number of nitrogens with two attached hydrogens (primary N) is 1. The van der Waals surface area contributed by atoms with Crippen LogP contribution in [0.25, 0.3) is 10.2 Å². The van der Waals surface area contributed by atoms with Crippen LogP contribution in [0.5, 0.6) is 0 Å². The Morgan fingerprint density at radius 1 is 1.37 bits per heavy atom. The third-order valence-electron chi connectivity index (χ3n) is 3.58. The maximum atomic E-state index is 10.0. The molecule has 0 spiro atoms. The Morgan fingerprint density at radius 2 is 2.16 bits per heavy atom. The van der Waals surface area contributed by atoms with E-state index in [1.807, 2.05) is 6.92 Å². The van der Waals surface area contributed by atoms with Gasteiger partial charge in [0.1, 0.15) is 10.6 Å². The van der Waals surface area contributed by atoms with Gasteiger partial charge >= 0.3 is 0 Å². The maximum absolute atomic E-state index is 10.0. The average molecular weight is 278 g/mol. The Kier molecular flexibility index (Phi) is 3.28.